The van der Waals surface area contributed by atoms with Gasteiger partial charge in [0, 0.05) is 7.05 Å². The minimum atomic E-state index is 0.410. The molecule has 78 valence electrons. The molecule has 0 aromatic carbocycles. The lowest BCUT2D eigenvalue weighted by atomic mass is 9.96. The highest BCUT2D eigenvalue weighted by molar-refractivity contribution is 5.12. The molecule has 1 aliphatic rings. The van der Waals surface area contributed by atoms with Gasteiger partial charge in [-0.3, -0.25) is 4.68 Å². The van der Waals surface area contributed by atoms with Crippen molar-refractivity contribution in [2.24, 2.45) is 12.5 Å². The Bertz CT molecular complexity index is 314. The highest BCUT2D eigenvalue weighted by Gasteiger charge is 2.46. The van der Waals surface area contributed by atoms with Crippen LogP contribution < -0.4 is 5.32 Å². The molecule has 0 amide bonds. The number of hydrogen-bond acceptors (Lipinski definition) is 3. The van der Waals surface area contributed by atoms with Crippen LogP contribution in [0.25, 0.3) is 0 Å². The molecule has 0 spiro atoms. The Morgan fingerprint density at radius 1 is 1.64 bits per heavy atom. The summed E-state index contributed by atoms with van der Waals surface area (Å²) in [5.41, 5.74) is 1.62. The van der Waals surface area contributed by atoms with E-state index < -0.39 is 0 Å². The van der Waals surface area contributed by atoms with E-state index in [1.807, 2.05) is 17.9 Å². The standard InChI is InChI=1S/C10H18N4/c1-4-11-9(10(2)5-6-10)8-7-12-13-14(8)3/h7,9,11H,4-6H2,1-3H3. The molecule has 1 unspecified atom stereocenters. The second kappa shape index (κ2) is 3.35. The molecule has 1 atom stereocenters. The van der Waals surface area contributed by atoms with Crippen molar-refractivity contribution >= 4 is 0 Å². The number of rotatable bonds is 4. The summed E-state index contributed by atoms with van der Waals surface area (Å²) >= 11 is 0. The molecule has 1 fully saturated rings. The van der Waals surface area contributed by atoms with Crippen molar-refractivity contribution in [2.45, 2.75) is 32.7 Å². The molecule has 4 heteroatoms. The Morgan fingerprint density at radius 3 is 2.79 bits per heavy atom. The summed E-state index contributed by atoms with van der Waals surface area (Å²) in [5, 5.41) is 11.5. The minimum absolute atomic E-state index is 0.410. The SMILES string of the molecule is CCNC(c1cnnn1C)C1(C)CC1. The van der Waals surface area contributed by atoms with E-state index in [-0.39, 0.29) is 0 Å². The monoisotopic (exact) mass is 194 g/mol. The van der Waals surface area contributed by atoms with Crippen LogP contribution in [0.1, 0.15) is 38.4 Å². The van der Waals surface area contributed by atoms with Gasteiger partial charge in [-0.1, -0.05) is 19.1 Å². The third kappa shape index (κ3) is 1.54. The van der Waals surface area contributed by atoms with Gasteiger partial charge in [0.25, 0.3) is 0 Å². The van der Waals surface area contributed by atoms with Crippen molar-refractivity contribution in [1.82, 2.24) is 20.3 Å². The lowest BCUT2D eigenvalue weighted by molar-refractivity contribution is 0.354. The second-order valence-electron chi connectivity index (χ2n) is 4.43. The molecule has 0 radical (unpaired) electrons. The maximum absolute atomic E-state index is 3.99. The summed E-state index contributed by atoms with van der Waals surface area (Å²) in [6, 6.07) is 0.410. The van der Waals surface area contributed by atoms with Gasteiger partial charge in [-0.25, -0.2) is 0 Å². The van der Waals surface area contributed by atoms with Crippen LogP contribution in [0, 0.1) is 5.41 Å². The van der Waals surface area contributed by atoms with Crippen LogP contribution in [0.15, 0.2) is 6.20 Å². The van der Waals surface area contributed by atoms with Gasteiger partial charge in [0.15, 0.2) is 0 Å². The smallest absolute Gasteiger partial charge is 0.0758 e. The predicted octanol–water partition coefficient (Wildman–Crippen LogP) is 1.27. The summed E-state index contributed by atoms with van der Waals surface area (Å²) in [6.45, 7) is 5.46. The van der Waals surface area contributed by atoms with E-state index in [1.54, 1.807) is 0 Å². The fraction of sp³-hybridized carbons (Fsp3) is 0.800. The van der Waals surface area contributed by atoms with Crippen LogP contribution in [0.2, 0.25) is 0 Å². The molecule has 4 nitrogen and oxygen atoms in total. The molecular formula is C10H18N4. The van der Waals surface area contributed by atoms with Crippen molar-refractivity contribution in [3.05, 3.63) is 11.9 Å². The molecule has 1 aromatic heterocycles. The quantitative estimate of drug-likeness (QED) is 0.784. The molecule has 0 aliphatic heterocycles. The molecule has 0 bridgehead atoms. The first kappa shape index (κ1) is 9.65. The van der Waals surface area contributed by atoms with Crippen molar-refractivity contribution in [1.29, 1.82) is 0 Å². The van der Waals surface area contributed by atoms with Crippen LogP contribution in [0.5, 0.6) is 0 Å². The maximum Gasteiger partial charge on any atom is 0.0758 e. The summed E-state index contributed by atoms with van der Waals surface area (Å²) in [4.78, 5) is 0. The number of nitrogens with one attached hydrogen (secondary N) is 1. The number of aromatic nitrogens is 3. The van der Waals surface area contributed by atoms with Gasteiger partial charge in [0.2, 0.25) is 0 Å². The van der Waals surface area contributed by atoms with Crippen molar-refractivity contribution in [2.75, 3.05) is 6.54 Å². The van der Waals surface area contributed by atoms with Crippen molar-refractivity contribution < 1.29 is 0 Å². The van der Waals surface area contributed by atoms with E-state index in [2.05, 4.69) is 29.5 Å². The van der Waals surface area contributed by atoms with Crippen LogP contribution in [0.3, 0.4) is 0 Å². The van der Waals surface area contributed by atoms with E-state index in [4.69, 9.17) is 0 Å². The summed E-state index contributed by atoms with van der Waals surface area (Å²) in [6.07, 6.45) is 4.47. The third-order valence-corrected chi connectivity index (χ3v) is 3.19. The van der Waals surface area contributed by atoms with Crippen LogP contribution in [0.4, 0.5) is 0 Å². The lowest BCUT2D eigenvalue weighted by Gasteiger charge is -2.23. The average molecular weight is 194 g/mol. The lowest BCUT2D eigenvalue weighted by Crippen LogP contribution is -2.29. The molecule has 0 saturated heterocycles. The first-order chi connectivity index (χ1) is 6.67. The highest BCUT2D eigenvalue weighted by Crippen LogP contribution is 2.54. The summed E-state index contributed by atoms with van der Waals surface area (Å²) in [5.74, 6) is 0. The van der Waals surface area contributed by atoms with Crippen LogP contribution in [-0.4, -0.2) is 21.5 Å². The molecule has 1 aromatic rings. The summed E-state index contributed by atoms with van der Waals surface area (Å²) < 4.78 is 1.87. The summed E-state index contributed by atoms with van der Waals surface area (Å²) in [7, 11) is 1.96. The Morgan fingerprint density at radius 2 is 2.36 bits per heavy atom. The second-order valence-corrected chi connectivity index (χ2v) is 4.43. The third-order valence-electron chi connectivity index (χ3n) is 3.19. The van der Waals surface area contributed by atoms with Crippen molar-refractivity contribution in [3.8, 4) is 0 Å². The highest BCUT2D eigenvalue weighted by atomic mass is 15.4. The van der Waals surface area contributed by atoms with Gasteiger partial charge in [-0.05, 0) is 24.8 Å². The minimum Gasteiger partial charge on any atom is -0.308 e. The van der Waals surface area contributed by atoms with E-state index in [0.717, 1.165) is 6.54 Å². The topological polar surface area (TPSA) is 42.7 Å². The zero-order valence-corrected chi connectivity index (χ0v) is 9.12. The zero-order chi connectivity index (χ0) is 10.2. The van der Waals surface area contributed by atoms with E-state index in [1.165, 1.54) is 18.5 Å². The van der Waals surface area contributed by atoms with E-state index >= 15 is 0 Å². The maximum atomic E-state index is 3.99. The average Bonchev–Trinajstić information content (AvgIpc) is 2.75. The van der Waals surface area contributed by atoms with E-state index in [0.29, 0.717) is 11.5 Å². The molecule has 14 heavy (non-hydrogen) atoms. The van der Waals surface area contributed by atoms with Crippen LogP contribution >= 0.6 is 0 Å². The zero-order valence-electron chi connectivity index (χ0n) is 9.12. The number of aryl methyl sites for hydroxylation is 1. The normalized spacial score (nSPS) is 20.8. The fourth-order valence-electron chi connectivity index (χ4n) is 1.96. The molecule has 2 rings (SSSR count). The van der Waals surface area contributed by atoms with Crippen molar-refractivity contribution in [3.63, 3.8) is 0 Å². The fourth-order valence-corrected chi connectivity index (χ4v) is 1.96. The molecule has 1 heterocycles. The first-order valence-electron chi connectivity index (χ1n) is 5.25. The van der Waals surface area contributed by atoms with Crippen LogP contribution in [-0.2, 0) is 7.05 Å². The van der Waals surface area contributed by atoms with Gasteiger partial charge in [0.1, 0.15) is 0 Å². The number of hydrogen-bond donors (Lipinski definition) is 1. The van der Waals surface area contributed by atoms with Gasteiger partial charge < -0.3 is 5.32 Å². The van der Waals surface area contributed by atoms with Gasteiger partial charge in [-0.15, -0.1) is 5.10 Å². The largest absolute Gasteiger partial charge is 0.308 e. The first-order valence-corrected chi connectivity index (χ1v) is 5.25. The van der Waals surface area contributed by atoms with Gasteiger partial charge in [-0.2, -0.15) is 0 Å². The number of nitrogens with zero attached hydrogens (tertiary/aromatic N) is 3. The predicted molar refractivity (Wildman–Crippen MR) is 54.8 cm³/mol. The molecule has 1 aliphatic carbocycles. The van der Waals surface area contributed by atoms with Gasteiger partial charge in [0.05, 0.1) is 17.9 Å². The van der Waals surface area contributed by atoms with E-state index in [9.17, 15) is 0 Å². The Hall–Kier alpha value is -0.900. The Kier molecular flexibility index (Phi) is 2.31. The Labute approximate surface area is 84.7 Å². The molecular weight excluding hydrogens is 176 g/mol. The van der Waals surface area contributed by atoms with Gasteiger partial charge >= 0.3 is 0 Å². The Balaban J connectivity index is 2.23. The molecule has 1 saturated carbocycles. The molecule has 1 N–H and O–H groups in total.